The van der Waals surface area contributed by atoms with Gasteiger partial charge in [0.25, 0.3) is 5.91 Å². The fourth-order valence-corrected chi connectivity index (χ4v) is 2.78. The van der Waals surface area contributed by atoms with Gasteiger partial charge in [-0.15, -0.1) is 11.3 Å². The van der Waals surface area contributed by atoms with Crippen LogP contribution < -0.4 is 5.32 Å². The Kier molecular flexibility index (Phi) is 3.80. The first-order valence-corrected chi connectivity index (χ1v) is 6.69. The average molecular weight is 277 g/mol. The van der Waals surface area contributed by atoms with E-state index in [1.54, 1.807) is 17.4 Å². The van der Waals surface area contributed by atoms with Crippen molar-refractivity contribution in [2.75, 3.05) is 0 Å². The molecule has 0 saturated heterocycles. The maximum Gasteiger partial charge on any atom is 0.274 e. The van der Waals surface area contributed by atoms with Crippen LogP contribution in [-0.4, -0.2) is 21.0 Å². The summed E-state index contributed by atoms with van der Waals surface area (Å²) >= 11 is 1.56. The van der Waals surface area contributed by atoms with Crippen molar-refractivity contribution in [1.29, 1.82) is 0 Å². The minimum Gasteiger partial charge on any atom is -0.505 e. The topological polar surface area (TPSA) is 75.1 Å². The molecule has 0 fully saturated rings. The molecule has 0 aliphatic rings. The van der Waals surface area contributed by atoms with Crippen LogP contribution in [0.3, 0.4) is 0 Å². The summed E-state index contributed by atoms with van der Waals surface area (Å²) in [5.74, 6) is -0.513. The number of thiazole rings is 1. The number of carbonyl (C=O) groups excluding carboxylic acids is 1. The van der Waals surface area contributed by atoms with Gasteiger partial charge in [0.15, 0.2) is 5.69 Å². The van der Waals surface area contributed by atoms with E-state index in [2.05, 4.69) is 15.3 Å². The SMILES string of the molecule is Cc1nc(C)c(C(C)NC(=O)c2ncccc2O)s1. The van der Waals surface area contributed by atoms with Crippen LogP contribution in [0, 0.1) is 13.8 Å². The van der Waals surface area contributed by atoms with Gasteiger partial charge >= 0.3 is 0 Å². The van der Waals surface area contributed by atoms with Gasteiger partial charge in [0, 0.05) is 11.1 Å². The highest BCUT2D eigenvalue weighted by Crippen LogP contribution is 2.25. The molecule has 1 unspecified atom stereocenters. The zero-order valence-electron chi connectivity index (χ0n) is 11.0. The predicted molar refractivity (Wildman–Crippen MR) is 73.4 cm³/mol. The highest BCUT2D eigenvalue weighted by Gasteiger charge is 2.18. The van der Waals surface area contributed by atoms with Gasteiger partial charge in [-0.3, -0.25) is 4.79 Å². The lowest BCUT2D eigenvalue weighted by atomic mass is 10.2. The van der Waals surface area contributed by atoms with Crippen molar-refractivity contribution in [3.8, 4) is 5.75 Å². The molecular formula is C13H15N3O2S. The monoisotopic (exact) mass is 277 g/mol. The summed E-state index contributed by atoms with van der Waals surface area (Å²) in [5.41, 5.74) is 0.953. The number of hydrogen-bond acceptors (Lipinski definition) is 5. The van der Waals surface area contributed by atoms with E-state index in [4.69, 9.17) is 0 Å². The number of aromatic nitrogens is 2. The van der Waals surface area contributed by atoms with Gasteiger partial charge in [0.2, 0.25) is 0 Å². The van der Waals surface area contributed by atoms with Gasteiger partial charge in [0.05, 0.1) is 16.7 Å². The maximum atomic E-state index is 12.0. The number of rotatable bonds is 3. The van der Waals surface area contributed by atoms with Gasteiger partial charge in [-0.1, -0.05) is 0 Å². The summed E-state index contributed by atoms with van der Waals surface area (Å²) in [4.78, 5) is 21.2. The first-order chi connectivity index (χ1) is 8.99. The third kappa shape index (κ3) is 2.90. The largest absolute Gasteiger partial charge is 0.505 e. The standard InChI is InChI=1S/C13H15N3O2S/c1-7-12(19-9(3)15-7)8(2)16-13(18)11-10(17)5-4-6-14-11/h4-6,8,17H,1-3H3,(H,16,18). The molecule has 2 N–H and O–H groups in total. The lowest BCUT2D eigenvalue weighted by molar-refractivity contribution is 0.0932. The molecule has 0 aliphatic heterocycles. The van der Waals surface area contributed by atoms with E-state index in [1.165, 1.54) is 12.3 Å². The van der Waals surface area contributed by atoms with Crippen LogP contribution in [0.15, 0.2) is 18.3 Å². The Hall–Kier alpha value is -1.95. The molecule has 19 heavy (non-hydrogen) atoms. The van der Waals surface area contributed by atoms with E-state index in [-0.39, 0.29) is 17.5 Å². The van der Waals surface area contributed by atoms with Crippen LogP contribution in [0.4, 0.5) is 0 Å². The van der Waals surface area contributed by atoms with E-state index in [9.17, 15) is 9.90 Å². The van der Waals surface area contributed by atoms with Gasteiger partial charge < -0.3 is 10.4 Å². The Balaban J connectivity index is 2.15. The van der Waals surface area contributed by atoms with Crippen LogP contribution in [0.25, 0.3) is 0 Å². The van der Waals surface area contributed by atoms with Crippen molar-refractivity contribution >= 4 is 17.2 Å². The van der Waals surface area contributed by atoms with Crippen molar-refractivity contribution in [2.45, 2.75) is 26.8 Å². The molecule has 6 heteroatoms. The van der Waals surface area contributed by atoms with Gasteiger partial charge in [-0.2, -0.15) is 0 Å². The van der Waals surface area contributed by atoms with Crippen molar-refractivity contribution in [2.24, 2.45) is 0 Å². The Labute approximate surface area is 115 Å². The molecule has 0 aliphatic carbocycles. The first kappa shape index (κ1) is 13.5. The van der Waals surface area contributed by atoms with Crippen LogP contribution in [-0.2, 0) is 0 Å². The second-order valence-electron chi connectivity index (χ2n) is 4.25. The molecule has 2 aromatic heterocycles. The molecule has 0 radical (unpaired) electrons. The fourth-order valence-electron chi connectivity index (χ4n) is 1.85. The predicted octanol–water partition coefficient (Wildman–Crippen LogP) is 2.35. The number of hydrogen-bond donors (Lipinski definition) is 2. The van der Waals surface area contributed by atoms with Crippen LogP contribution in [0.2, 0.25) is 0 Å². The Morgan fingerprint density at radius 1 is 1.47 bits per heavy atom. The number of nitrogens with one attached hydrogen (secondary N) is 1. The number of aromatic hydroxyl groups is 1. The summed E-state index contributed by atoms with van der Waals surface area (Å²) < 4.78 is 0. The smallest absolute Gasteiger partial charge is 0.274 e. The molecule has 5 nitrogen and oxygen atoms in total. The van der Waals surface area contributed by atoms with E-state index in [0.717, 1.165) is 15.6 Å². The fraction of sp³-hybridized carbons (Fsp3) is 0.308. The van der Waals surface area contributed by atoms with Crippen molar-refractivity contribution in [3.05, 3.63) is 39.6 Å². The minimum atomic E-state index is -0.393. The molecule has 1 atom stereocenters. The summed E-state index contributed by atoms with van der Waals surface area (Å²) in [6, 6.07) is 2.85. The van der Waals surface area contributed by atoms with Gasteiger partial charge in [-0.25, -0.2) is 9.97 Å². The number of nitrogens with zero attached hydrogens (tertiary/aromatic N) is 2. The summed E-state index contributed by atoms with van der Waals surface area (Å²) in [6.07, 6.45) is 1.47. The number of carbonyl (C=O) groups is 1. The minimum absolute atomic E-state index is 0.0354. The molecule has 0 saturated carbocycles. The zero-order chi connectivity index (χ0) is 14.0. The first-order valence-electron chi connectivity index (χ1n) is 5.88. The number of aryl methyl sites for hydroxylation is 2. The van der Waals surface area contributed by atoms with E-state index >= 15 is 0 Å². The summed E-state index contributed by atoms with van der Waals surface area (Å²) in [7, 11) is 0. The number of pyridine rings is 1. The highest BCUT2D eigenvalue weighted by molar-refractivity contribution is 7.11. The molecule has 0 spiro atoms. The molecule has 1 amide bonds. The number of amides is 1. The Bertz CT molecular complexity index is 610. The molecule has 2 rings (SSSR count). The quantitative estimate of drug-likeness (QED) is 0.903. The second kappa shape index (κ2) is 5.36. The lowest BCUT2D eigenvalue weighted by Gasteiger charge is -2.12. The molecule has 2 heterocycles. The zero-order valence-corrected chi connectivity index (χ0v) is 11.8. The van der Waals surface area contributed by atoms with Crippen molar-refractivity contribution < 1.29 is 9.90 Å². The van der Waals surface area contributed by atoms with Crippen LogP contribution in [0.1, 0.15) is 39.0 Å². The second-order valence-corrected chi connectivity index (χ2v) is 5.48. The Morgan fingerprint density at radius 3 is 2.79 bits per heavy atom. The Morgan fingerprint density at radius 2 is 2.21 bits per heavy atom. The molecule has 2 aromatic rings. The summed E-state index contributed by atoms with van der Waals surface area (Å²) in [5, 5.41) is 13.4. The van der Waals surface area contributed by atoms with Crippen molar-refractivity contribution in [3.63, 3.8) is 0 Å². The van der Waals surface area contributed by atoms with E-state index in [1.807, 2.05) is 20.8 Å². The molecule has 0 aromatic carbocycles. The highest BCUT2D eigenvalue weighted by atomic mass is 32.1. The lowest BCUT2D eigenvalue weighted by Crippen LogP contribution is -2.27. The van der Waals surface area contributed by atoms with Crippen LogP contribution >= 0.6 is 11.3 Å². The van der Waals surface area contributed by atoms with E-state index < -0.39 is 5.91 Å². The third-order valence-electron chi connectivity index (χ3n) is 2.68. The molecule has 100 valence electrons. The van der Waals surface area contributed by atoms with Crippen LogP contribution in [0.5, 0.6) is 5.75 Å². The molecule has 0 bridgehead atoms. The maximum absolute atomic E-state index is 12.0. The van der Waals surface area contributed by atoms with Gasteiger partial charge in [0.1, 0.15) is 5.75 Å². The van der Waals surface area contributed by atoms with E-state index in [0.29, 0.717) is 0 Å². The average Bonchev–Trinajstić information content (AvgIpc) is 2.69. The summed E-state index contributed by atoms with van der Waals surface area (Å²) in [6.45, 7) is 5.73. The molecular weight excluding hydrogens is 262 g/mol. The van der Waals surface area contributed by atoms with Gasteiger partial charge in [-0.05, 0) is 32.9 Å². The third-order valence-corrected chi connectivity index (χ3v) is 3.94. The van der Waals surface area contributed by atoms with Crippen molar-refractivity contribution in [1.82, 2.24) is 15.3 Å². The normalized spacial score (nSPS) is 12.2.